The first-order valence-electron chi connectivity index (χ1n) is 10.0. The van der Waals surface area contributed by atoms with Crippen molar-refractivity contribution in [3.05, 3.63) is 11.6 Å². The van der Waals surface area contributed by atoms with Crippen molar-refractivity contribution in [3.8, 4) is 0 Å². The van der Waals surface area contributed by atoms with Crippen molar-refractivity contribution in [3.63, 3.8) is 0 Å². The third-order valence-electron chi connectivity index (χ3n) is 5.44. The molecule has 0 bridgehead atoms. The van der Waals surface area contributed by atoms with Crippen LogP contribution in [-0.2, 0) is 24.3 Å². The average Bonchev–Trinajstić information content (AvgIpc) is 2.81. The molecule has 8 heteroatoms. The minimum absolute atomic E-state index is 0.139. The molecule has 1 aromatic rings. The van der Waals surface area contributed by atoms with E-state index in [-0.39, 0.29) is 17.5 Å². The zero-order chi connectivity index (χ0) is 19.6. The Kier molecular flexibility index (Phi) is 5.72. The number of nitrogens with zero attached hydrogens (tertiary/aromatic N) is 6. The smallest absolute Gasteiger partial charge is 0.242 e. The average molecular weight is 376 g/mol. The van der Waals surface area contributed by atoms with Crippen LogP contribution >= 0.6 is 0 Å². The van der Waals surface area contributed by atoms with Crippen LogP contribution in [0.2, 0.25) is 0 Å². The van der Waals surface area contributed by atoms with Gasteiger partial charge in [0.05, 0.1) is 18.6 Å². The molecule has 1 aromatic heterocycles. The summed E-state index contributed by atoms with van der Waals surface area (Å²) in [6.07, 6.45) is 4.61. The summed E-state index contributed by atoms with van der Waals surface area (Å²) in [6, 6.07) is 0.191. The van der Waals surface area contributed by atoms with Crippen molar-refractivity contribution in [2.24, 2.45) is 4.99 Å². The van der Waals surface area contributed by atoms with E-state index < -0.39 is 0 Å². The molecule has 1 amide bonds. The lowest BCUT2D eigenvalue weighted by Crippen LogP contribution is -2.66. The molecule has 0 unspecified atom stereocenters. The number of hydrogen-bond acceptors (Lipinski definition) is 4. The third kappa shape index (κ3) is 4.09. The number of fused-ring (bicyclic) bond motifs is 1. The normalized spacial score (nSPS) is 20.7. The fourth-order valence-corrected chi connectivity index (χ4v) is 4.48. The number of piperazine rings is 1. The van der Waals surface area contributed by atoms with Gasteiger partial charge in [-0.1, -0.05) is 6.42 Å². The van der Waals surface area contributed by atoms with Gasteiger partial charge in [-0.25, -0.2) is 0 Å². The van der Waals surface area contributed by atoms with Crippen molar-refractivity contribution in [2.75, 3.05) is 20.1 Å². The summed E-state index contributed by atoms with van der Waals surface area (Å²) in [5, 5.41) is 12.1. The van der Waals surface area contributed by atoms with Crippen molar-refractivity contribution in [1.29, 1.82) is 0 Å². The number of nitrogens with one attached hydrogen (secondary N) is 1. The number of carbonyl (C=O) groups excluding carboxylic acids is 1. The largest absolute Gasteiger partial charge is 0.349 e. The number of aliphatic imine (C=N–C) groups is 1. The molecule has 0 spiro atoms. The summed E-state index contributed by atoms with van der Waals surface area (Å²) in [6.45, 7) is 11.0. The van der Waals surface area contributed by atoms with Crippen LogP contribution in [0.3, 0.4) is 0 Å². The predicted molar refractivity (Wildman–Crippen MR) is 105 cm³/mol. The Balaban J connectivity index is 1.68. The number of carbonyl (C=O) groups is 1. The molecule has 2 aliphatic rings. The molecule has 1 saturated heterocycles. The van der Waals surface area contributed by atoms with E-state index in [4.69, 9.17) is 0 Å². The van der Waals surface area contributed by atoms with Crippen molar-refractivity contribution in [2.45, 2.75) is 78.0 Å². The van der Waals surface area contributed by atoms with Crippen molar-refractivity contribution >= 4 is 11.9 Å². The maximum atomic E-state index is 12.7. The first kappa shape index (κ1) is 19.6. The van der Waals surface area contributed by atoms with Crippen molar-refractivity contribution in [1.82, 2.24) is 29.9 Å². The Hall–Kier alpha value is -2.12. The summed E-state index contributed by atoms with van der Waals surface area (Å²) in [5.41, 5.74) is -0.243. The summed E-state index contributed by atoms with van der Waals surface area (Å²) in [5.74, 6) is 2.91. The Bertz CT molecular complexity index is 707. The van der Waals surface area contributed by atoms with Gasteiger partial charge >= 0.3 is 0 Å². The Labute approximate surface area is 162 Å². The predicted octanol–water partition coefficient (Wildman–Crippen LogP) is 1.41. The molecule has 0 radical (unpaired) electrons. The summed E-state index contributed by atoms with van der Waals surface area (Å²) in [4.78, 5) is 21.2. The Morgan fingerprint density at radius 1 is 1.26 bits per heavy atom. The highest BCUT2D eigenvalue weighted by Gasteiger charge is 2.40. The zero-order valence-corrected chi connectivity index (χ0v) is 17.3. The monoisotopic (exact) mass is 375 g/mol. The number of guanidine groups is 1. The first-order chi connectivity index (χ1) is 12.8. The standard InChI is InChI=1S/C19H33N7O/c1-14(2)26-17(27)12-24(13-19(26,3)4)18(20-5)21-11-16-23-22-15-9-7-6-8-10-25(15)16/h14H,6-13H2,1-5H3,(H,20,21). The summed E-state index contributed by atoms with van der Waals surface area (Å²) in [7, 11) is 1.76. The van der Waals surface area contributed by atoms with Gasteiger partial charge in [0.25, 0.3) is 0 Å². The second-order valence-electron chi connectivity index (χ2n) is 8.42. The van der Waals surface area contributed by atoms with E-state index in [1.807, 2.05) is 9.80 Å². The molecule has 3 rings (SSSR count). The minimum atomic E-state index is -0.243. The van der Waals surface area contributed by atoms with Gasteiger partial charge in [0.1, 0.15) is 5.82 Å². The number of hydrogen-bond donors (Lipinski definition) is 1. The lowest BCUT2D eigenvalue weighted by Gasteiger charge is -2.49. The highest BCUT2D eigenvalue weighted by molar-refractivity contribution is 5.88. The van der Waals surface area contributed by atoms with Gasteiger partial charge in [0.15, 0.2) is 11.8 Å². The SMILES string of the molecule is CN=C(NCc1nnc2n1CCCCC2)N1CC(=O)N(C(C)C)C(C)(C)C1. The van der Waals surface area contributed by atoms with Crippen molar-refractivity contribution < 1.29 is 4.79 Å². The van der Waals surface area contributed by atoms with Crippen LogP contribution in [0.1, 0.15) is 58.6 Å². The van der Waals surface area contributed by atoms with Gasteiger partial charge in [0, 0.05) is 32.6 Å². The second kappa shape index (κ2) is 7.86. The van der Waals surface area contributed by atoms with Crippen LogP contribution < -0.4 is 5.32 Å². The Morgan fingerprint density at radius 2 is 2.04 bits per heavy atom. The van der Waals surface area contributed by atoms with Crippen LogP contribution in [0.4, 0.5) is 0 Å². The Morgan fingerprint density at radius 3 is 2.70 bits per heavy atom. The number of amides is 1. The lowest BCUT2D eigenvalue weighted by atomic mass is 9.96. The molecule has 0 saturated carbocycles. The quantitative estimate of drug-likeness (QED) is 0.638. The van der Waals surface area contributed by atoms with E-state index in [1.165, 1.54) is 19.3 Å². The number of rotatable bonds is 3. The number of aryl methyl sites for hydroxylation is 1. The third-order valence-corrected chi connectivity index (χ3v) is 5.44. The van der Waals surface area contributed by atoms with Crippen LogP contribution in [-0.4, -0.2) is 68.1 Å². The van der Waals surface area contributed by atoms with Gasteiger partial charge in [-0.05, 0) is 40.5 Å². The van der Waals surface area contributed by atoms with E-state index >= 15 is 0 Å². The highest BCUT2D eigenvalue weighted by atomic mass is 16.2. The molecule has 1 fully saturated rings. The second-order valence-corrected chi connectivity index (χ2v) is 8.42. The van der Waals surface area contributed by atoms with Crippen LogP contribution in [0.25, 0.3) is 0 Å². The van der Waals surface area contributed by atoms with E-state index in [0.29, 0.717) is 13.1 Å². The molecule has 2 aliphatic heterocycles. The molecule has 1 N–H and O–H groups in total. The van der Waals surface area contributed by atoms with Crippen LogP contribution in [0.5, 0.6) is 0 Å². The van der Waals surface area contributed by atoms with Gasteiger partial charge in [-0.15, -0.1) is 10.2 Å². The first-order valence-corrected chi connectivity index (χ1v) is 10.0. The van der Waals surface area contributed by atoms with Gasteiger partial charge in [-0.3, -0.25) is 9.79 Å². The zero-order valence-electron chi connectivity index (χ0n) is 17.3. The molecule has 3 heterocycles. The van der Waals surface area contributed by atoms with Crippen LogP contribution in [0.15, 0.2) is 4.99 Å². The lowest BCUT2D eigenvalue weighted by molar-refractivity contribution is -0.145. The highest BCUT2D eigenvalue weighted by Crippen LogP contribution is 2.24. The fraction of sp³-hybridized carbons (Fsp3) is 0.789. The molecular formula is C19H33N7O. The molecule has 0 aromatic carbocycles. The van der Waals surface area contributed by atoms with Gasteiger partial charge in [-0.2, -0.15) is 0 Å². The van der Waals surface area contributed by atoms with E-state index in [2.05, 4.69) is 52.8 Å². The molecule has 0 atom stereocenters. The minimum Gasteiger partial charge on any atom is -0.349 e. The molecule has 0 aliphatic carbocycles. The number of aromatic nitrogens is 3. The molecular weight excluding hydrogens is 342 g/mol. The topological polar surface area (TPSA) is 78.6 Å². The molecule has 8 nitrogen and oxygen atoms in total. The van der Waals surface area contributed by atoms with E-state index in [1.54, 1.807) is 7.05 Å². The maximum Gasteiger partial charge on any atom is 0.242 e. The van der Waals surface area contributed by atoms with Gasteiger partial charge < -0.3 is 19.7 Å². The fourth-order valence-electron chi connectivity index (χ4n) is 4.48. The van der Waals surface area contributed by atoms with E-state index in [0.717, 1.165) is 37.1 Å². The van der Waals surface area contributed by atoms with Gasteiger partial charge in [0.2, 0.25) is 5.91 Å². The molecule has 27 heavy (non-hydrogen) atoms. The summed E-state index contributed by atoms with van der Waals surface area (Å²) < 4.78 is 2.24. The van der Waals surface area contributed by atoms with Crippen LogP contribution in [0, 0.1) is 0 Å². The summed E-state index contributed by atoms with van der Waals surface area (Å²) >= 11 is 0. The maximum absolute atomic E-state index is 12.7. The molecule has 150 valence electrons. The van der Waals surface area contributed by atoms with E-state index in [9.17, 15) is 4.79 Å².